The predicted octanol–water partition coefficient (Wildman–Crippen LogP) is 3.31. The topological polar surface area (TPSA) is 42.1 Å². The third-order valence-electron chi connectivity index (χ3n) is 3.92. The van der Waals surface area contributed by atoms with Crippen molar-refractivity contribution in [3.05, 3.63) is 59.4 Å². The fraction of sp³-hybridized carbons (Fsp3) is 0.389. The van der Waals surface area contributed by atoms with Crippen LogP contribution in [0.2, 0.25) is 0 Å². The van der Waals surface area contributed by atoms with E-state index in [0.29, 0.717) is 0 Å². The van der Waals surface area contributed by atoms with Gasteiger partial charge in [0.2, 0.25) is 0 Å². The van der Waals surface area contributed by atoms with E-state index in [9.17, 15) is 0 Å². The van der Waals surface area contributed by atoms with E-state index in [1.807, 2.05) is 12.3 Å². The number of anilines is 1. The van der Waals surface area contributed by atoms with E-state index in [0.717, 1.165) is 19.4 Å². The lowest BCUT2D eigenvalue weighted by atomic mass is 9.99. The molecule has 3 heteroatoms. The first-order valence-electron chi connectivity index (χ1n) is 7.55. The van der Waals surface area contributed by atoms with Crippen LogP contribution in [0.4, 0.5) is 5.69 Å². The molecule has 1 aromatic heterocycles. The Morgan fingerprint density at radius 3 is 2.71 bits per heavy atom. The summed E-state index contributed by atoms with van der Waals surface area (Å²) in [6, 6.07) is 11.0. The van der Waals surface area contributed by atoms with Crippen molar-refractivity contribution in [3.8, 4) is 0 Å². The van der Waals surface area contributed by atoms with Gasteiger partial charge in [0.25, 0.3) is 0 Å². The van der Waals surface area contributed by atoms with E-state index in [4.69, 9.17) is 5.73 Å². The number of hydrogen-bond donors (Lipinski definition) is 1. The molecule has 0 saturated heterocycles. The molecule has 1 aromatic carbocycles. The summed E-state index contributed by atoms with van der Waals surface area (Å²) in [6.45, 7) is 5.16. The maximum absolute atomic E-state index is 6.06. The van der Waals surface area contributed by atoms with Crippen molar-refractivity contribution < 1.29 is 0 Å². The molecule has 0 bridgehead atoms. The number of benzene rings is 1. The highest BCUT2D eigenvalue weighted by Crippen LogP contribution is 2.21. The molecular weight excluding hydrogens is 258 g/mol. The van der Waals surface area contributed by atoms with Crippen LogP contribution in [0.25, 0.3) is 0 Å². The lowest BCUT2D eigenvalue weighted by Crippen LogP contribution is -2.22. The van der Waals surface area contributed by atoms with Crippen molar-refractivity contribution in [1.82, 2.24) is 4.98 Å². The van der Waals surface area contributed by atoms with Gasteiger partial charge in [0.1, 0.15) is 0 Å². The number of aromatic nitrogens is 1. The summed E-state index contributed by atoms with van der Waals surface area (Å²) in [5.74, 6) is 0. The summed E-state index contributed by atoms with van der Waals surface area (Å²) in [6.07, 6.45) is 5.69. The minimum absolute atomic E-state index is 0.252. The van der Waals surface area contributed by atoms with E-state index in [-0.39, 0.29) is 6.04 Å². The van der Waals surface area contributed by atoms with Crippen LogP contribution in [0.1, 0.15) is 30.0 Å². The number of nitrogens with two attached hydrogens (primary N) is 1. The van der Waals surface area contributed by atoms with Crippen LogP contribution in [0.5, 0.6) is 0 Å². The van der Waals surface area contributed by atoms with Gasteiger partial charge in [-0.05, 0) is 54.7 Å². The van der Waals surface area contributed by atoms with Crippen LogP contribution in [-0.2, 0) is 13.0 Å². The molecule has 1 heterocycles. The molecule has 2 N–H and O–H groups in total. The molecule has 3 nitrogen and oxygen atoms in total. The van der Waals surface area contributed by atoms with Crippen molar-refractivity contribution in [3.63, 3.8) is 0 Å². The van der Waals surface area contributed by atoms with E-state index in [1.54, 1.807) is 6.20 Å². The van der Waals surface area contributed by atoms with Crippen molar-refractivity contribution in [1.29, 1.82) is 0 Å². The Morgan fingerprint density at radius 2 is 2.10 bits per heavy atom. The second kappa shape index (κ2) is 7.23. The monoisotopic (exact) mass is 283 g/mol. The van der Waals surface area contributed by atoms with Gasteiger partial charge in [0.15, 0.2) is 0 Å². The second-order valence-electron chi connectivity index (χ2n) is 5.70. The molecular formula is C18H25N3. The summed E-state index contributed by atoms with van der Waals surface area (Å²) in [5.41, 5.74) is 11.2. The normalized spacial score (nSPS) is 12.2. The molecule has 0 fully saturated rings. The lowest BCUT2D eigenvalue weighted by molar-refractivity contribution is 0.644. The Labute approximate surface area is 127 Å². The fourth-order valence-electron chi connectivity index (χ4n) is 2.43. The van der Waals surface area contributed by atoms with E-state index < -0.39 is 0 Å². The van der Waals surface area contributed by atoms with E-state index in [1.165, 1.54) is 22.4 Å². The molecule has 0 aliphatic rings. The number of nitrogens with zero attached hydrogens (tertiary/aromatic N) is 2. The van der Waals surface area contributed by atoms with Gasteiger partial charge in [0.05, 0.1) is 0 Å². The van der Waals surface area contributed by atoms with Gasteiger partial charge in [0, 0.05) is 37.7 Å². The Kier molecular flexibility index (Phi) is 5.34. The number of hydrogen-bond acceptors (Lipinski definition) is 3. The van der Waals surface area contributed by atoms with Crippen LogP contribution in [-0.4, -0.2) is 18.1 Å². The van der Waals surface area contributed by atoms with Crippen LogP contribution < -0.4 is 10.6 Å². The number of aryl methyl sites for hydroxylation is 1. The van der Waals surface area contributed by atoms with Crippen molar-refractivity contribution in [2.24, 2.45) is 5.73 Å². The average molecular weight is 283 g/mol. The van der Waals surface area contributed by atoms with Gasteiger partial charge in [-0.15, -0.1) is 0 Å². The minimum Gasteiger partial charge on any atom is -0.370 e. The molecule has 21 heavy (non-hydrogen) atoms. The number of pyridine rings is 1. The van der Waals surface area contributed by atoms with Crippen LogP contribution in [0.15, 0.2) is 42.7 Å². The maximum Gasteiger partial charge on any atom is 0.0441 e. The predicted molar refractivity (Wildman–Crippen MR) is 89.5 cm³/mol. The van der Waals surface area contributed by atoms with E-state index in [2.05, 4.69) is 55.0 Å². The molecule has 2 rings (SSSR count). The lowest BCUT2D eigenvalue weighted by Gasteiger charge is -2.21. The van der Waals surface area contributed by atoms with Crippen molar-refractivity contribution in [2.75, 3.05) is 11.9 Å². The molecule has 0 radical (unpaired) electrons. The zero-order chi connectivity index (χ0) is 15.2. The van der Waals surface area contributed by atoms with Crippen LogP contribution >= 0.6 is 0 Å². The Hall–Kier alpha value is -1.87. The second-order valence-corrected chi connectivity index (χ2v) is 5.70. The summed E-state index contributed by atoms with van der Waals surface area (Å²) in [4.78, 5) is 6.41. The van der Waals surface area contributed by atoms with Crippen LogP contribution in [0, 0.1) is 6.92 Å². The third-order valence-corrected chi connectivity index (χ3v) is 3.92. The Morgan fingerprint density at radius 1 is 1.29 bits per heavy atom. The first kappa shape index (κ1) is 15.5. The molecule has 0 aliphatic heterocycles. The molecule has 0 aliphatic carbocycles. The first-order chi connectivity index (χ1) is 10.1. The SMILES string of the molecule is CCC(N)Cc1ccc(N(C)Cc2cccnc2)cc1C. The standard InChI is InChI=1S/C18H25N3/c1-4-17(19)11-16-7-8-18(10-14(16)2)21(3)13-15-6-5-9-20-12-15/h5-10,12,17H,4,11,13,19H2,1-3H3. The summed E-state index contributed by atoms with van der Waals surface area (Å²) < 4.78 is 0. The molecule has 1 atom stereocenters. The van der Waals surface area contributed by atoms with Crippen LogP contribution in [0.3, 0.4) is 0 Å². The van der Waals surface area contributed by atoms with Crippen molar-refractivity contribution >= 4 is 5.69 Å². The van der Waals surface area contributed by atoms with E-state index >= 15 is 0 Å². The maximum atomic E-state index is 6.06. The summed E-state index contributed by atoms with van der Waals surface area (Å²) in [5, 5.41) is 0. The fourth-order valence-corrected chi connectivity index (χ4v) is 2.43. The minimum atomic E-state index is 0.252. The van der Waals surface area contributed by atoms with Crippen molar-refractivity contribution in [2.45, 2.75) is 39.3 Å². The Balaban J connectivity index is 2.08. The zero-order valence-corrected chi connectivity index (χ0v) is 13.2. The molecule has 2 aromatic rings. The Bertz CT molecular complexity index is 566. The highest BCUT2D eigenvalue weighted by Gasteiger charge is 2.08. The molecule has 0 amide bonds. The van der Waals surface area contributed by atoms with Gasteiger partial charge in [-0.25, -0.2) is 0 Å². The van der Waals surface area contributed by atoms with Gasteiger partial charge in [-0.3, -0.25) is 4.98 Å². The van der Waals surface area contributed by atoms with Gasteiger partial charge < -0.3 is 10.6 Å². The van der Waals surface area contributed by atoms with Gasteiger partial charge >= 0.3 is 0 Å². The average Bonchev–Trinajstić information content (AvgIpc) is 2.50. The molecule has 0 saturated carbocycles. The largest absolute Gasteiger partial charge is 0.370 e. The molecule has 1 unspecified atom stereocenters. The van der Waals surface area contributed by atoms with Gasteiger partial charge in [-0.2, -0.15) is 0 Å². The zero-order valence-electron chi connectivity index (χ0n) is 13.2. The quantitative estimate of drug-likeness (QED) is 0.884. The third kappa shape index (κ3) is 4.30. The first-order valence-corrected chi connectivity index (χ1v) is 7.55. The summed E-state index contributed by atoms with van der Waals surface area (Å²) in [7, 11) is 2.11. The number of rotatable bonds is 6. The molecule has 0 spiro atoms. The highest BCUT2D eigenvalue weighted by molar-refractivity contribution is 5.50. The summed E-state index contributed by atoms with van der Waals surface area (Å²) >= 11 is 0. The van der Waals surface area contributed by atoms with Gasteiger partial charge in [-0.1, -0.05) is 19.1 Å². The highest BCUT2D eigenvalue weighted by atomic mass is 15.1. The smallest absolute Gasteiger partial charge is 0.0441 e. The molecule has 112 valence electrons.